The Labute approximate surface area is 127 Å². The second kappa shape index (κ2) is 6.25. The minimum atomic E-state index is 0.610. The lowest BCUT2D eigenvalue weighted by Crippen LogP contribution is -2.21. The fraction of sp³-hybridized carbons (Fsp3) is 0.583. The monoisotopic (exact) mass is 306 g/mol. The average Bonchev–Trinajstić information content (AvgIpc) is 3.12. The molecule has 0 unspecified atom stereocenters. The van der Waals surface area contributed by atoms with Crippen LogP contribution in [-0.4, -0.2) is 49.4 Å². The number of rotatable bonds is 5. The maximum atomic E-state index is 4.56. The van der Waals surface area contributed by atoms with E-state index in [1.807, 2.05) is 18.5 Å². The van der Waals surface area contributed by atoms with Gasteiger partial charge >= 0.3 is 0 Å². The summed E-state index contributed by atoms with van der Waals surface area (Å²) in [7, 11) is 1.90. The van der Waals surface area contributed by atoms with Crippen LogP contribution in [0.2, 0.25) is 0 Å². The molecule has 9 heteroatoms. The molecule has 8 nitrogen and oxygen atoms in total. The Morgan fingerprint density at radius 3 is 2.71 bits per heavy atom. The van der Waals surface area contributed by atoms with E-state index in [1.165, 1.54) is 24.6 Å². The highest BCUT2D eigenvalue weighted by Gasteiger charge is 2.18. The number of hydrogen-bond donors (Lipinski definition) is 1. The Hall–Kier alpha value is -1.90. The van der Waals surface area contributed by atoms with Gasteiger partial charge in [-0.15, -0.1) is 10.2 Å². The number of aryl methyl sites for hydroxylation is 1. The standard InChI is InChI=1S/C12H18N8S/c1-3-13-9-15-10(20-6-4-5-7-20)17-11(16-9)21-12-18-14-8-19(12)2/h8H,3-7H2,1-2H3,(H,13,15,16,17). The third-order valence-corrected chi connectivity index (χ3v) is 4.10. The fourth-order valence-corrected chi connectivity index (χ4v) is 2.84. The first-order chi connectivity index (χ1) is 10.3. The van der Waals surface area contributed by atoms with Crippen molar-refractivity contribution in [1.29, 1.82) is 0 Å². The van der Waals surface area contributed by atoms with Crippen molar-refractivity contribution in [3.8, 4) is 0 Å². The molecule has 0 spiro atoms. The van der Waals surface area contributed by atoms with E-state index < -0.39 is 0 Å². The molecule has 1 aliphatic rings. The second-order valence-electron chi connectivity index (χ2n) is 4.79. The summed E-state index contributed by atoms with van der Waals surface area (Å²) in [5.74, 6) is 1.35. The minimum absolute atomic E-state index is 0.610. The van der Waals surface area contributed by atoms with Crippen molar-refractivity contribution in [2.45, 2.75) is 30.1 Å². The van der Waals surface area contributed by atoms with Gasteiger partial charge in [0.05, 0.1) is 0 Å². The van der Waals surface area contributed by atoms with E-state index in [2.05, 4.69) is 35.4 Å². The van der Waals surface area contributed by atoms with Crippen LogP contribution < -0.4 is 10.2 Å². The van der Waals surface area contributed by atoms with Gasteiger partial charge in [-0.05, 0) is 31.5 Å². The zero-order chi connectivity index (χ0) is 14.7. The lowest BCUT2D eigenvalue weighted by Gasteiger charge is -2.16. The van der Waals surface area contributed by atoms with Crippen molar-refractivity contribution >= 4 is 23.7 Å². The highest BCUT2D eigenvalue weighted by molar-refractivity contribution is 7.99. The number of nitrogens with one attached hydrogen (secondary N) is 1. The summed E-state index contributed by atoms with van der Waals surface area (Å²) in [5, 5.41) is 12.5. The Kier molecular flexibility index (Phi) is 4.18. The van der Waals surface area contributed by atoms with Crippen LogP contribution in [0.15, 0.2) is 16.6 Å². The molecular weight excluding hydrogens is 288 g/mol. The van der Waals surface area contributed by atoms with Crippen molar-refractivity contribution in [2.24, 2.45) is 7.05 Å². The molecule has 21 heavy (non-hydrogen) atoms. The van der Waals surface area contributed by atoms with Crippen LogP contribution in [0.1, 0.15) is 19.8 Å². The first kappa shape index (κ1) is 14.1. The summed E-state index contributed by atoms with van der Waals surface area (Å²) < 4.78 is 1.84. The van der Waals surface area contributed by atoms with E-state index in [9.17, 15) is 0 Å². The van der Waals surface area contributed by atoms with Gasteiger partial charge in [-0.1, -0.05) is 0 Å². The van der Waals surface area contributed by atoms with Gasteiger partial charge in [0.1, 0.15) is 6.33 Å². The molecule has 3 rings (SSSR count). The topological polar surface area (TPSA) is 84.7 Å². The Morgan fingerprint density at radius 1 is 1.24 bits per heavy atom. The van der Waals surface area contributed by atoms with Gasteiger partial charge in [0.2, 0.25) is 17.1 Å². The zero-order valence-electron chi connectivity index (χ0n) is 12.2. The van der Waals surface area contributed by atoms with E-state index >= 15 is 0 Å². The molecule has 1 fully saturated rings. The number of hydrogen-bond acceptors (Lipinski definition) is 8. The first-order valence-electron chi connectivity index (χ1n) is 7.03. The van der Waals surface area contributed by atoms with Crippen molar-refractivity contribution in [2.75, 3.05) is 29.9 Å². The summed E-state index contributed by atoms with van der Waals surface area (Å²) in [6.07, 6.45) is 4.04. The molecule has 1 N–H and O–H groups in total. The molecule has 1 aliphatic heterocycles. The number of nitrogens with zero attached hydrogens (tertiary/aromatic N) is 7. The van der Waals surface area contributed by atoms with Crippen LogP contribution >= 0.6 is 11.8 Å². The fourth-order valence-electron chi connectivity index (χ4n) is 2.13. The molecule has 0 atom stereocenters. The highest BCUT2D eigenvalue weighted by Crippen LogP contribution is 2.25. The third-order valence-electron chi connectivity index (χ3n) is 3.18. The Bertz CT molecular complexity index is 607. The second-order valence-corrected chi connectivity index (χ2v) is 5.73. The van der Waals surface area contributed by atoms with Gasteiger partial charge in [-0.25, -0.2) is 0 Å². The number of anilines is 2. The van der Waals surface area contributed by atoms with Gasteiger partial charge in [0, 0.05) is 26.7 Å². The minimum Gasteiger partial charge on any atom is -0.354 e. The van der Waals surface area contributed by atoms with Gasteiger partial charge in [-0.3, -0.25) is 0 Å². The largest absolute Gasteiger partial charge is 0.354 e. The van der Waals surface area contributed by atoms with Crippen molar-refractivity contribution in [3.63, 3.8) is 0 Å². The molecule has 1 saturated heterocycles. The van der Waals surface area contributed by atoms with Crippen LogP contribution in [0, 0.1) is 0 Å². The molecule has 3 heterocycles. The van der Waals surface area contributed by atoms with E-state index in [1.54, 1.807) is 6.33 Å². The van der Waals surface area contributed by atoms with Crippen LogP contribution in [0.5, 0.6) is 0 Å². The molecule has 0 aromatic carbocycles. The summed E-state index contributed by atoms with van der Waals surface area (Å²) >= 11 is 1.39. The van der Waals surface area contributed by atoms with E-state index in [-0.39, 0.29) is 0 Å². The summed E-state index contributed by atoms with van der Waals surface area (Å²) in [6, 6.07) is 0. The van der Waals surface area contributed by atoms with E-state index in [0.717, 1.165) is 30.7 Å². The summed E-state index contributed by atoms with van der Waals surface area (Å²) in [5.41, 5.74) is 0. The molecule has 0 amide bonds. The zero-order valence-corrected chi connectivity index (χ0v) is 13.0. The Morgan fingerprint density at radius 2 is 2.05 bits per heavy atom. The number of aromatic nitrogens is 6. The average molecular weight is 306 g/mol. The van der Waals surface area contributed by atoms with E-state index in [4.69, 9.17) is 0 Å². The quantitative estimate of drug-likeness (QED) is 0.881. The predicted octanol–water partition coefficient (Wildman–Crippen LogP) is 1.18. The summed E-state index contributed by atoms with van der Waals surface area (Å²) in [4.78, 5) is 15.7. The molecular formula is C12H18N8S. The molecule has 112 valence electrons. The normalized spacial score (nSPS) is 14.7. The Balaban J connectivity index is 1.89. The van der Waals surface area contributed by atoms with Gasteiger partial charge < -0.3 is 14.8 Å². The highest BCUT2D eigenvalue weighted by atomic mass is 32.2. The maximum Gasteiger partial charge on any atom is 0.231 e. The predicted molar refractivity (Wildman–Crippen MR) is 80.6 cm³/mol. The van der Waals surface area contributed by atoms with Gasteiger partial charge in [0.25, 0.3) is 0 Å². The van der Waals surface area contributed by atoms with Gasteiger partial charge in [-0.2, -0.15) is 15.0 Å². The molecule has 0 aliphatic carbocycles. The molecule has 0 bridgehead atoms. The van der Waals surface area contributed by atoms with Crippen LogP contribution in [-0.2, 0) is 7.05 Å². The maximum absolute atomic E-state index is 4.56. The molecule has 0 radical (unpaired) electrons. The van der Waals surface area contributed by atoms with Crippen LogP contribution in [0.3, 0.4) is 0 Å². The van der Waals surface area contributed by atoms with E-state index in [0.29, 0.717) is 11.1 Å². The lowest BCUT2D eigenvalue weighted by molar-refractivity contribution is 0.778. The third kappa shape index (κ3) is 3.23. The van der Waals surface area contributed by atoms with Gasteiger partial charge in [0.15, 0.2) is 5.16 Å². The lowest BCUT2D eigenvalue weighted by atomic mass is 10.4. The van der Waals surface area contributed by atoms with Crippen molar-refractivity contribution in [3.05, 3.63) is 6.33 Å². The first-order valence-corrected chi connectivity index (χ1v) is 7.84. The summed E-state index contributed by atoms with van der Waals surface area (Å²) in [6.45, 7) is 4.81. The van der Waals surface area contributed by atoms with Crippen molar-refractivity contribution < 1.29 is 0 Å². The van der Waals surface area contributed by atoms with Crippen molar-refractivity contribution in [1.82, 2.24) is 29.7 Å². The van der Waals surface area contributed by atoms with Crippen LogP contribution in [0.4, 0.5) is 11.9 Å². The SMILES string of the molecule is CCNc1nc(Sc2nncn2C)nc(N2CCCC2)n1. The molecule has 0 saturated carbocycles. The van der Waals surface area contributed by atoms with Crippen LogP contribution in [0.25, 0.3) is 0 Å². The molecule has 2 aromatic rings. The molecule has 2 aromatic heterocycles. The smallest absolute Gasteiger partial charge is 0.231 e.